The van der Waals surface area contributed by atoms with Crippen LogP contribution in [0.1, 0.15) is 51.2 Å². The van der Waals surface area contributed by atoms with E-state index in [4.69, 9.17) is 27.9 Å². The molecule has 0 unspecified atom stereocenters. The summed E-state index contributed by atoms with van der Waals surface area (Å²) in [4.78, 5) is 29.2. The van der Waals surface area contributed by atoms with E-state index < -0.39 is 17.3 Å². The van der Waals surface area contributed by atoms with Crippen molar-refractivity contribution < 1.29 is 27.5 Å². The highest BCUT2D eigenvalue weighted by molar-refractivity contribution is 6.36. The largest absolute Gasteiger partial charge is 0.444 e. The number of rotatable bonds is 4. The number of hydrogen-bond acceptors (Lipinski definition) is 3. The van der Waals surface area contributed by atoms with Gasteiger partial charge in [0, 0.05) is 41.6 Å². The molecule has 2 aliphatic rings. The second-order valence-corrected chi connectivity index (χ2v) is 11.7. The number of benzene rings is 2. The smallest absolute Gasteiger partial charge is 0.417 e. The molecule has 5 nitrogen and oxygen atoms in total. The van der Waals surface area contributed by atoms with Gasteiger partial charge in [0.1, 0.15) is 5.60 Å². The van der Waals surface area contributed by atoms with E-state index in [1.54, 1.807) is 4.90 Å². The number of carbonyl (C=O) groups excluding carboxylic acids is 2. The first-order valence-corrected chi connectivity index (χ1v) is 13.4. The third-order valence-electron chi connectivity index (χ3n) is 7.04. The number of amides is 2. The van der Waals surface area contributed by atoms with Crippen LogP contribution in [0.15, 0.2) is 36.4 Å². The Morgan fingerprint density at radius 3 is 2.18 bits per heavy atom. The number of hydrogen-bond donors (Lipinski definition) is 0. The Bertz CT molecular complexity index is 1180. The Morgan fingerprint density at radius 1 is 1.00 bits per heavy atom. The Balaban J connectivity index is 1.42. The second kappa shape index (κ2) is 11.0. The Morgan fingerprint density at radius 2 is 1.61 bits per heavy atom. The standard InChI is InChI=1S/C28H31Cl2F3N2O3/c1-27(2,3)38-26(37)34-11-9-19(10-12-34)35-13-8-17(25(35)36)14-21-23(29)15-18(16-24(21)30)20-6-4-5-7-22(20)28(31,32)33/h4-7,15-17,19H,8-14H2,1-3H3/t17-/m0/s1. The number of nitrogens with zero attached hydrogens (tertiary/aromatic N) is 2. The molecule has 2 aliphatic heterocycles. The van der Waals surface area contributed by atoms with Gasteiger partial charge in [-0.15, -0.1) is 0 Å². The highest BCUT2D eigenvalue weighted by Crippen LogP contribution is 2.41. The first-order valence-electron chi connectivity index (χ1n) is 12.7. The average molecular weight is 571 g/mol. The number of alkyl halides is 3. The lowest BCUT2D eigenvalue weighted by Gasteiger charge is -2.37. The second-order valence-electron chi connectivity index (χ2n) is 10.9. The van der Waals surface area contributed by atoms with E-state index in [-0.39, 0.29) is 45.1 Å². The minimum atomic E-state index is -4.52. The maximum atomic E-state index is 13.5. The third kappa shape index (κ3) is 6.40. The molecule has 0 N–H and O–H groups in total. The van der Waals surface area contributed by atoms with E-state index in [0.29, 0.717) is 50.9 Å². The van der Waals surface area contributed by atoms with Crippen LogP contribution in [0.4, 0.5) is 18.0 Å². The Kier molecular flexibility index (Phi) is 8.24. The fourth-order valence-corrected chi connectivity index (χ4v) is 5.82. The average Bonchev–Trinajstić information content (AvgIpc) is 3.19. The maximum absolute atomic E-state index is 13.5. The number of ether oxygens (including phenoxy) is 1. The van der Waals surface area contributed by atoms with Crippen LogP contribution in [0.3, 0.4) is 0 Å². The van der Waals surface area contributed by atoms with Crippen molar-refractivity contribution in [2.24, 2.45) is 5.92 Å². The summed E-state index contributed by atoms with van der Waals surface area (Å²) in [6, 6.07) is 8.28. The fraction of sp³-hybridized carbons (Fsp3) is 0.500. The van der Waals surface area contributed by atoms with Crippen LogP contribution in [-0.4, -0.2) is 53.1 Å². The Labute approximate surface area is 230 Å². The van der Waals surface area contributed by atoms with Gasteiger partial charge in [-0.3, -0.25) is 4.79 Å². The van der Waals surface area contributed by atoms with Crippen molar-refractivity contribution in [1.29, 1.82) is 0 Å². The molecule has 0 bridgehead atoms. The van der Waals surface area contributed by atoms with Gasteiger partial charge in [-0.1, -0.05) is 41.4 Å². The molecule has 2 heterocycles. The molecule has 2 aromatic rings. The van der Waals surface area contributed by atoms with E-state index in [2.05, 4.69) is 0 Å². The monoisotopic (exact) mass is 570 g/mol. The van der Waals surface area contributed by atoms with Crippen molar-refractivity contribution in [3.63, 3.8) is 0 Å². The molecule has 4 rings (SSSR count). The van der Waals surface area contributed by atoms with Crippen molar-refractivity contribution in [3.8, 4) is 11.1 Å². The summed E-state index contributed by atoms with van der Waals surface area (Å²) in [5, 5.41) is 0.475. The lowest BCUT2D eigenvalue weighted by molar-refractivity contribution is -0.137. The number of likely N-dealkylation sites (tertiary alicyclic amines) is 2. The molecule has 1 atom stereocenters. The highest BCUT2D eigenvalue weighted by atomic mass is 35.5. The lowest BCUT2D eigenvalue weighted by Crippen LogP contribution is -2.48. The molecule has 2 fully saturated rings. The van der Waals surface area contributed by atoms with Crippen LogP contribution in [-0.2, 0) is 22.1 Å². The molecular weight excluding hydrogens is 540 g/mol. The van der Waals surface area contributed by atoms with Gasteiger partial charge >= 0.3 is 12.3 Å². The molecule has 2 amide bonds. The van der Waals surface area contributed by atoms with Crippen LogP contribution in [0.2, 0.25) is 10.0 Å². The predicted molar refractivity (Wildman–Crippen MR) is 141 cm³/mol. The van der Waals surface area contributed by atoms with E-state index in [0.717, 1.165) is 6.07 Å². The minimum absolute atomic E-state index is 0.00353. The van der Waals surface area contributed by atoms with Gasteiger partial charge in [-0.2, -0.15) is 13.2 Å². The molecule has 0 saturated carbocycles. The molecule has 0 spiro atoms. The normalized spacial score (nSPS) is 19.3. The highest BCUT2D eigenvalue weighted by Gasteiger charge is 2.39. The number of halogens is 5. The van der Waals surface area contributed by atoms with Crippen LogP contribution < -0.4 is 0 Å². The SMILES string of the molecule is CC(C)(C)OC(=O)N1CCC(N2CC[C@@H](Cc3c(Cl)cc(-c4ccccc4C(F)(F)F)cc3Cl)C2=O)CC1. The fourth-order valence-electron chi connectivity index (χ4n) is 5.18. The quantitative estimate of drug-likeness (QED) is 0.383. The van der Waals surface area contributed by atoms with E-state index in [9.17, 15) is 22.8 Å². The van der Waals surface area contributed by atoms with E-state index >= 15 is 0 Å². The van der Waals surface area contributed by atoms with Gasteiger partial charge in [0.15, 0.2) is 0 Å². The maximum Gasteiger partial charge on any atom is 0.417 e. The van der Waals surface area contributed by atoms with Gasteiger partial charge in [-0.05, 0) is 81.3 Å². The van der Waals surface area contributed by atoms with Crippen molar-refractivity contribution in [2.75, 3.05) is 19.6 Å². The molecule has 10 heteroatoms. The first-order chi connectivity index (χ1) is 17.7. The summed E-state index contributed by atoms with van der Waals surface area (Å²) in [6.07, 6.45) is -2.57. The molecule has 206 valence electrons. The van der Waals surface area contributed by atoms with Crippen LogP contribution in [0.5, 0.6) is 0 Å². The minimum Gasteiger partial charge on any atom is -0.444 e. The zero-order valence-corrected chi connectivity index (χ0v) is 23.1. The molecular formula is C28H31Cl2F3N2O3. The lowest BCUT2D eigenvalue weighted by atomic mass is 9.94. The summed E-state index contributed by atoms with van der Waals surface area (Å²) in [7, 11) is 0. The molecule has 38 heavy (non-hydrogen) atoms. The van der Waals surface area contributed by atoms with Crippen molar-refractivity contribution in [1.82, 2.24) is 9.80 Å². The third-order valence-corrected chi connectivity index (χ3v) is 7.72. The van der Waals surface area contributed by atoms with Gasteiger partial charge in [-0.25, -0.2) is 4.79 Å². The van der Waals surface area contributed by atoms with Gasteiger partial charge in [0.05, 0.1) is 5.56 Å². The van der Waals surface area contributed by atoms with Crippen molar-refractivity contribution in [2.45, 2.75) is 64.3 Å². The van der Waals surface area contributed by atoms with Crippen LogP contribution >= 0.6 is 23.2 Å². The topological polar surface area (TPSA) is 49.9 Å². The van der Waals surface area contributed by atoms with Gasteiger partial charge in [0.25, 0.3) is 0 Å². The summed E-state index contributed by atoms with van der Waals surface area (Å²) >= 11 is 13.0. The zero-order valence-electron chi connectivity index (χ0n) is 21.6. The number of piperidine rings is 1. The zero-order chi connectivity index (χ0) is 27.8. The van der Waals surface area contributed by atoms with Gasteiger partial charge < -0.3 is 14.5 Å². The molecule has 2 saturated heterocycles. The van der Waals surface area contributed by atoms with Crippen LogP contribution in [0, 0.1) is 5.92 Å². The molecule has 0 aliphatic carbocycles. The Hall–Kier alpha value is -2.45. The molecule has 0 aromatic heterocycles. The summed E-state index contributed by atoms with van der Waals surface area (Å²) in [5.74, 6) is -0.304. The molecule has 0 radical (unpaired) electrons. The predicted octanol–water partition coefficient (Wildman–Crippen LogP) is 7.47. The summed E-state index contributed by atoms with van der Waals surface area (Å²) < 4.78 is 46.0. The van der Waals surface area contributed by atoms with E-state index in [1.165, 1.54) is 30.3 Å². The summed E-state index contributed by atoms with van der Waals surface area (Å²) in [5.41, 5.74) is -0.501. The van der Waals surface area contributed by atoms with Gasteiger partial charge in [0.2, 0.25) is 5.91 Å². The van der Waals surface area contributed by atoms with Crippen molar-refractivity contribution in [3.05, 3.63) is 57.6 Å². The molecule has 2 aromatic carbocycles. The summed E-state index contributed by atoms with van der Waals surface area (Å²) in [6.45, 7) is 7.13. The van der Waals surface area contributed by atoms with E-state index in [1.807, 2.05) is 25.7 Å². The van der Waals surface area contributed by atoms with Crippen molar-refractivity contribution >= 4 is 35.2 Å². The number of carbonyl (C=O) groups is 2. The van der Waals surface area contributed by atoms with Crippen LogP contribution in [0.25, 0.3) is 11.1 Å². The first kappa shape index (κ1) is 28.6.